The molecule has 0 aliphatic rings. The third-order valence-corrected chi connectivity index (χ3v) is 19.4. The summed E-state index contributed by atoms with van der Waals surface area (Å²) in [5.41, 5.74) is 2.40. The van der Waals surface area contributed by atoms with Crippen molar-refractivity contribution in [2.24, 2.45) is 0 Å². The lowest BCUT2D eigenvalue weighted by atomic mass is 11.8. The van der Waals surface area contributed by atoms with Gasteiger partial charge < -0.3 is 8.91 Å². The molecule has 1 N–H and O–H groups in total. The van der Waals surface area contributed by atoms with Gasteiger partial charge in [-0.15, -0.1) is 0 Å². The maximum atomic E-state index is 9.83. The molecular weight excluding hydrogens is 240 g/mol. The van der Waals surface area contributed by atoms with Crippen molar-refractivity contribution < 1.29 is 8.91 Å². The lowest BCUT2D eigenvalue weighted by Gasteiger charge is -2.29. The van der Waals surface area contributed by atoms with E-state index in [0.717, 1.165) is 5.67 Å². The molecule has 1 atom stereocenters. The van der Waals surface area contributed by atoms with E-state index in [1.807, 2.05) is 13.1 Å². The summed E-state index contributed by atoms with van der Waals surface area (Å²) in [7, 11) is -4.16. The summed E-state index contributed by atoms with van der Waals surface area (Å²) in [6, 6.07) is 0. The molecule has 1 unspecified atom stereocenters. The third kappa shape index (κ3) is 8.13. The molecule has 0 fully saturated rings. The van der Waals surface area contributed by atoms with E-state index in [9.17, 15) is 4.80 Å². The Morgan fingerprint density at radius 1 is 1.29 bits per heavy atom. The van der Waals surface area contributed by atoms with Crippen LogP contribution in [0.3, 0.4) is 0 Å². The lowest BCUT2D eigenvalue weighted by molar-refractivity contribution is 0.542. The van der Waals surface area contributed by atoms with Crippen molar-refractivity contribution in [3.8, 4) is 0 Å². The normalized spacial score (nSPS) is 16.5. The first-order chi connectivity index (χ1) is 6.16. The fourth-order valence-electron chi connectivity index (χ4n) is 1.95. The second kappa shape index (κ2) is 5.76. The molecular formula is C8H26O2Si4. The molecule has 14 heavy (non-hydrogen) atoms. The summed E-state index contributed by atoms with van der Waals surface area (Å²) < 4.78 is 6.24. The van der Waals surface area contributed by atoms with E-state index >= 15 is 0 Å². The summed E-state index contributed by atoms with van der Waals surface area (Å²) in [6.45, 7) is 13.3. The molecule has 86 valence electrons. The predicted molar refractivity (Wildman–Crippen MR) is 75.3 cm³/mol. The minimum absolute atomic E-state index is 0.133. The Labute approximate surface area is 94.9 Å². The molecule has 0 aliphatic heterocycles. The van der Waals surface area contributed by atoms with Gasteiger partial charge in [0, 0.05) is 9.52 Å². The largest absolute Gasteiger partial charge is 0.458 e. The average Bonchev–Trinajstić information content (AvgIpc) is 1.78. The summed E-state index contributed by atoms with van der Waals surface area (Å²) in [6.07, 6.45) is 0. The molecule has 0 saturated carbocycles. The van der Waals surface area contributed by atoms with E-state index in [2.05, 4.69) is 26.2 Å². The van der Waals surface area contributed by atoms with Gasteiger partial charge in [0.15, 0.2) is 25.7 Å². The van der Waals surface area contributed by atoms with Gasteiger partial charge >= 0.3 is 0 Å². The molecule has 0 aromatic rings. The van der Waals surface area contributed by atoms with Crippen LogP contribution in [-0.2, 0) is 4.12 Å². The zero-order valence-corrected chi connectivity index (χ0v) is 15.1. The fraction of sp³-hybridized carbons (Fsp3) is 1.00. The second-order valence-electron chi connectivity index (χ2n) is 5.45. The smallest absolute Gasteiger partial charge is 0.181 e. The zero-order chi connectivity index (χ0) is 11.4. The van der Waals surface area contributed by atoms with E-state index < -0.39 is 25.7 Å². The summed E-state index contributed by atoms with van der Waals surface area (Å²) in [4.78, 5) is 9.83. The summed E-state index contributed by atoms with van der Waals surface area (Å²) in [5, 5.41) is 0. The molecule has 0 amide bonds. The minimum atomic E-state index is -1.87. The van der Waals surface area contributed by atoms with Crippen molar-refractivity contribution in [3.63, 3.8) is 0 Å². The van der Waals surface area contributed by atoms with Crippen molar-refractivity contribution in [2.45, 2.75) is 50.6 Å². The van der Waals surface area contributed by atoms with E-state index in [0.29, 0.717) is 0 Å². The standard InChI is InChI=1S/C8H26O2Si4/c1-11-7-14(5,6)10-12(2)8-13(3,4)9/h9,12H,7-8,11H2,1-6H3. The molecule has 0 heterocycles. The molecule has 0 spiro atoms. The molecule has 0 bridgehead atoms. The monoisotopic (exact) mass is 266 g/mol. The molecule has 6 heteroatoms. The van der Waals surface area contributed by atoms with E-state index in [1.165, 1.54) is 5.67 Å². The van der Waals surface area contributed by atoms with Crippen LogP contribution in [-0.4, -0.2) is 40.0 Å². The van der Waals surface area contributed by atoms with E-state index in [-0.39, 0.29) is 9.52 Å². The Bertz CT molecular complexity index is 167. The Morgan fingerprint density at radius 3 is 2.14 bits per heavy atom. The van der Waals surface area contributed by atoms with Crippen molar-refractivity contribution in [3.05, 3.63) is 0 Å². The van der Waals surface area contributed by atoms with Crippen LogP contribution in [0, 0.1) is 0 Å². The van der Waals surface area contributed by atoms with Gasteiger partial charge in [0.05, 0.1) is 0 Å². The van der Waals surface area contributed by atoms with Crippen LogP contribution in [0.2, 0.25) is 50.6 Å². The Kier molecular flexibility index (Phi) is 6.08. The maximum Gasteiger partial charge on any atom is 0.181 e. The van der Waals surface area contributed by atoms with Crippen LogP contribution in [0.5, 0.6) is 0 Å². The van der Waals surface area contributed by atoms with Gasteiger partial charge in [-0.3, -0.25) is 0 Å². The maximum absolute atomic E-state index is 9.83. The zero-order valence-electron chi connectivity index (χ0n) is 10.6. The van der Waals surface area contributed by atoms with Crippen molar-refractivity contribution >= 4 is 35.2 Å². The van der Waals surface area contributed by atoms with Gasteiger partial charge in [0.1, 0.15) is 0 Å². The van der Waals surface area contributed by atoms with Gasteiger partial charge in [-0.05, 0) is 44.1 Å². The van der Waals surface area contributed by atoms with Crippen LogP contribution >= 0.6 is 0 Å². The lowest BCUT2D eigenvalue weighted by Crippen LogP contribution is -2.41. The number of rotatable bonds is 6. The summed E-state index contributed by atoms with van der Waals surface area (Å²) in [5.74, 6) is 0. The van der Waals surface area contributed by atoms with Crippen LogP contribution in [0.1, 0.15) is 0 Å². The molecule has 0 rings (SSSR count). The second-order valence-corrected chi connectivity index (χ2v) is 19.8. The first kappa shape index (κ1) is 14.8. The van der Waals surface area contributed by atoms with Crippen molar-refractivity contribution in [1.82, 2.24) is 0 Å². The molecule has 0 saturated heterocycles. The van der Waals surface area contributed by atoms with Crippen molar-refractivity contribution in [1.29, 1.82) is 0 Å². The molecule has 0 aromatic heterocycles. The SMILES string of the molecule is C[SiH2]C[Si](C)(C)O[SiH](C)C[Si](C)(C)O. The average molecular weight is 267 g/mol. The predicted octanol–water partition coefficient (Wildman–Crippen LogP) is 1.47. The van der Waals surface area contributed by atoms with Gasteiger partial charge in [0.2, 0.25) is 0 Å². The van der Waals surface area contributed by atoms with Gasteiger partial charge in [-0.25, -0.2) is 0 Å². The van der Waals surface area contributed by atoms with E-state index in [4.69, 9.17) is 4.12 Å². The highest BCUT2D eigenvalue weighted by Gasteiger charge is 2.28. The molecule has 2 nitrogen and oxygen atoms in total. The van der Waals surface area contributed by atoms with Crippen LogP contribution in [0.25, 0.3) is 0 Å². The highest BCUT2D eigenvalue weighted by molar-refractivity contribution is 6.88. The molecule has 0 aromatic carbocycles. The fourth-order valence-corrected chi connectivity index (χ4v) is 19.4. The Balaban J connectivity index is 3.98. The first-order valence-corrected chi connectivity index (χ1v) is 16.7. The Morgan fingerprint density at radius 2 is 1.79 bits per heavy atom. The summed E-state index contributed by atoms with van der Waals surface area (Å²) >= 11 is 0. The first-order valence-electron chi connectivity index (χ1n) is 5.56. The van der Waals surface area contributed by atoms with Crippen LogP contribution in [0.15, 0.2) is 0 Å². The van der Waals surface area contributed by atoms with Gasteiger partial charge in [-0.2, -0.15) is 0 Å². The van der Waals surface area contributed by atoms with Crippen LogP contribution in [0.4, 0.5) is 0 Å². The van der Waals surface area contributed by atoms with Gasteiger partial charge in [0.25, 0.3) is 0 Å². The van der Waals surface area contributed by atoms with E-state index in [1.54, 1.807) is 0 Å². The minimum Gasteiger partial charge on any atom is -0.458 e. The number of hydrogen-bond acceptors (Lipinski definition) is 2. The quantitative estimate of drug-likeness (QED) is 0.738. The van der Waals surface area contributed by atoms with Crippen molar-refractivity contribution in [2.75, 3.05) is 0 Å². The highest BCUT2D eigenvalue weighted by atomic mass is 28.4. The molecule has 0 aliphatic carbocycles. The van der Waals surface area contributed by atoms with Gasteiger partial charge in [-0.1, -0.05) is 6.55 Å². The topological polar surface area (TPSA) is 29.5 Å². The molecule has 0 radical (unpaired) electrons. The third-order valence-electron chi connectivity index (χ3n) is 2.16. The number of hydrogen-bond donors (Lipinski definition) is 1. The van der Waals surface area contributed by atoms with Crippen LogP contribution < -0.4 is 0 Å². The highest BCUT2D eigenvalue weighted by Crippen LogP contribution is 2.16. The Hall–Kier alpha value is 0.788.